The second-order valence-electron chi connectivity index (χ2n) is 3.75. The minimum atomic E-state index is -0.243. The first-order valence-electron chi connectivity index (χ1n) is 5.14. The maximum Gasteiger partial charge on any atom is 0.309 e. The number of rotatable bonds is 3. The van der Waals surface area contributed by atoms with Gasteiger partial charge < -0.3 is 4.74 Å². The predicted molar refractivity (Wildman–Crippen MR) is 53.9 cm³/mol. The minimum absolute atomic E-state index is 0.0181. The Morgan fingerprint density at radius 2 is 2.13 bits per heavy atom. The smallest absolute Gasteiger partial charge is 0.309 e. The highest BCUT2D eigenvalue weighted by Crippen LogP contribution is 2.48. The fraction of sp³-hybridized carbons (Fsp3) is 0.417. The summed E-state index contributed by atoms with van der Waals surface area (Å²) >= 11 is 0. The zero-order valence-electron chi connectivity index (χ0n) is 8.57. The van der Waals surface area contributed by atoms with E-state index in [0.29, 0.717) is 6.61 Å². The van der Waals surface area contributed by atoms with Gasteiger partial charge in [0.05, 0.1) is 12.5 Å². The zero-order chi connectivity index (χ0) is 10.8. The number of halogens is 1. The van der Waals surface area contributed by atoms with Gasteiger partial charge in [-0.05, 0) is 37.0 Å². The van der Waals surface area contributed by atoms with Crippen LogP contribution < -0.4 is 0 Å². The number of carbonyl (C=O) groups excluding carboxylic acids is 1. The molecular formula is C12H13FO2. The Kier molecular flexibility index (Phi) is 2.71. The average Bonchev–Trinajstić information content (AvgIpc) is 2.99. The molecule has 15 heavy (non-hydrogen) atoms. The van der Waals surface area contributed by atoms with E-state index >= 15 is 0 Å². The summed E-state index contributed by atoms with van der Waals surface area (Å²) in [5.41, 5.74) is 1.02. The molecule has 0 aliphatic heterocycles. The van der Waals surface area contributed by atoms with Crippen LogP contribution in [0.1, 0.15) is 24.8 Å². The Bertz CT molecular complexity index is 358. The van der Waals surface area contributed by atoms with E-state index in [1.165, 1.54) is 12.1 Å². The van der Waals surface area contributed by atoms with E-state index in [-0.39, 0.29) is 23.6 Å². The molecule has 1 saturated carbocycles. The monoisotopic (exact) mass is 208 g/mol. The summed E-state index contributed by atoms with van der Waals surface area (Å²) in [6.45, 7) is 2.22. The number of hydrogen-bond donors (Lipinski definition) is 0. The first kappa shape index (κ1) is 10.1. The third-order valence-corrected chi connectivity index (χ3v) is 2.68. The number of hydrogen-bond acceptors (Lipinski definition) is 2. The lowest BCUT2D eigenvalue weighted by molar-refractivity contribution is -0.144. The van der Waals surface area contributed by atoms with Crippen LogP contribution in [0.5, 0.6) is 0 Å². The highest BCUT2D eigenvalue weighted by molar-refractivity contribution is 5.77. The summed E-state index contributed by atoms with van der Waals surface area (Å²) < 4.78 is 17.6. The van der Waals surface area contributed by atoms with Gasteiger partial charge in [0.1, 0.15) is 5.82 Å². The summed E-state index contributed by atoms with van der Waals surface area (Å²) in [6.07, 6.45) is 0.824. The Hall–Kier alpha value is -1.38. The van der Waals surface area contributed by atoms with Gasteiger partial charge in [-0.2, -0.15) is 0 Å². The summed E-state index contributed by atoms with van der Waals surface area (Å²) in [5.74, 6) is -0.168. The third kappa shape index (κ3) is 2.17. The molecule has 2 atom stereocenters. The van der Waals surface area contributed by atoms with Crippen LogP contribution >= 0.6 is 0 Å². The van der Waals surface area contributed by atoms with Crippen LogP contribution in [0.15, 0.2) is 24.3 Å². The molecule has 1 fully saturated rings. The molecule has 80 valence electrons. The van der Waals surface area contributed by atoms with Crippen molar-refractivity contribution in [2.24, 2.45) is 5.92 Å². The Morgan fingerprint density at radius 3 is 2.73 bits per heavy atom. The SMILES string of the molecule is CCOC(=O)[C@H]1C[C@@H]1c1ccc(F)cc1. The fourth-order valence-corrected chi connectivity index (χ4v) is 1.78. The molecule has 1 aliphatic rings. The van der Waals surface area contributed by atoms with E-state index in [0.717, 1.165) is 12.0 Å². The van der Waals surface area contributed by atoms with Crippen molar-refractivity contribution in [3.63, 3.8) is 0 Å². The van der Waals surface area contributed by atoms with Crippen molar-refractivity contribution >= 4 is 5.97 Å². The van der Waals surface area contributed by atoms with Crippen LogP contribution in [0.4, 0.5) is 4.39 Å². The maximum atomic E-state index is 12.7. The van der Waals surface area contributed by atoms with Crippen LogP contribution in [-0.2, 0) is 9.53 Å². The van der Waals surface area contributed by atoms with Crippen LogP contribution in [0, 0.1) is 11.7 Å². The first-order chi connectivity index (χ1) is 7.22. The van der Waals surface area contributed by atoms with Crippen LogP contribution in [0.25, 0.3) is 0 Å². The van der Waals surface area contributed by atoms with Gasteiger partial charge in [-0.25, -0.2) is 4.39 Å². The number of ether oxygens (including phenoxy) is 1. The highest BCUT2D eigenvalue weighted by atomic mass is 19.1. The number of benzene rings is 1. The second kappa shape index (κ2) is 4.01. The molecule has 1 aromatic rings. The zero-order valence-corrected chi connectivity index (χ0v) is 8.57. The molecule has 3 heteroatoms. The van der Waals surface area contributed by atoms with Crippen molar-refractivity contribution in [3.8, 4) is 0 Å². The van der Waals surface area contributed by atoms with Crippen LogP contribution in [-0.4, -0.2) is 12.6 Å². The molecule has 2 rings (SSSR count). The highest BCUT2D eigenvalue weighted by Gasteiger charge is 2.44. The molecule has 0 saturated heterocycles. The molecule has 0 bridgehead atoms. The van der Waals surface area contributed by atoms with Crippen molar-refractivity contribution in [2.45, 2.75) is 19.3 Å². The van der Waals surface area contributed by atoms with E-state index in [1.807, 2.05) is 0 Å². The quantitative estimate of drug-likeness (QED) is 0.713. The average molecular weight is 208 g/mol. The molecule has 1 aliphatic carbocycles. The van der Waals surface area contributed by atoms with Gasteiger partial charge in [-0.15, -0.1) is 0 Å². The lowest BCUT2D eigenvalue weighted by Gasteiger charge is -2.01. The van der Waals surface area contributed by atoms with E-state index < -0.39 is 0 Å². The molecule has 0 N–H and O–H groups in total. The normalized spacial score (nSPS) is 23.6. The van der Waals surface area contributed by atoms with Crippen molar-refractivity contribution in [1.29, 1.82) is 0 Å². The van der Waals surface area contributed by atoms with Gasteiger partial charge in [-0.1, -0.05) is 12.1 Å². The van der Waals surface area contributed by atoms with Crippen molar-refractivity contribution < 1.29 is 13.9 Å². The van der Waals surface area contributed by atoms with Gasteiger partial charge in [-0.3, -0.25) is 4.79 Å². The molecule has 0 amide bonds. The summed E-state index contributed by atoms with van der Waals surface area (Å²) in [5, 5.41) is 0. The molecular weight excluding hydrogens is 195 g/mol. The summed E-state index contributed by atoms with van der Waals surface area (Å²) in [7, 11) is 0. The molecule has 1 aromatic carbocycles. The Balaban J connectivity index is 1.98. The Morgan fingerprint density at radius 1 is 1.47 bits per heavy atom. The van der Waals surface area contributed by atoms with Crippen LogP contribution in [0.3, 0.4) is 0 Å². The standard InChI is InChI=1S/C12H13FO2/c1-2-15-12(14)11-7-10(11)8-3-5-9(13)6-4-8/h3-6,10-11H,2,7H2,1H3/t10-,11+/m1/s1. The molecule has 0 aromatic heterocycles. The van der Waals surface area contributed by atoms with E-state index in [2.05, 4.69) is 0 Å². The fourth-order valence-electron chi connectivity index (χ4n) is 1.78. The van der Waals surface area contributed by atoms with Crippen LogP contribution in [0.2, 0.25) is 0 Å². The van der Waals surface area contributed by atoms with Gasteiger partial charge in [0.15, 0.2) is 0 Å². The van der Waals surface area contributed by atoms with E-state index in [9.17, 15) is 9.18 Å². The molecule has 0 radical (unpaired) electrons. The molecule has 0 heterocycles. The predicted octanol–water partition coefficient (Wildman–Crippen LogP) is 2.49. The van der Waals surface area contributed by atoms with Crippen molar-refractivity contribution in [2.75, 3.05) is 6.61 Å². The largest absolute Gasteiger partial charge is 0.466 e. The van der Waals surface area contributed by atoms with Crippen molar-refractivity contribution in [3.05, 3.63) is 35.6 Å². The lowest BCUT2D eigenvalue weighted by atomic mass is 10.1. The van der Waals surface area contributed by atoms with Gasteiger partial charge in [0.2, 0.25) is 0 Å². The van der Waals surface area contributed by atoms with Gasteiger partial charge in [0.25, 0.3) is 0 Å². The molecule has 0 unspecified atom stereocenters. The first-order valence-corrected chi connectivity index (χ1v) is 5.14. The Labute approximate surface area is 88.1 Å². The van der Waals surface area contributed by atoms with Gasteiger partial charge >= 0.3 is 5.97 Å². The van der Waals surface area contributed by atoms with E-state index in [1.54, 1.807) is 19.1 Å². The minimum Gasteiger partial charge on any atom is -0.466 e. The number of carbonyl (C=O) groups is 1. The summed E-state index contributed by atoms with van der Waals surface area (Å²) in [4.78, 5) is 11.4. The summed E-state index contributed by atoms with van der Waals surface area (Å²) in [6, 6.07) is 6.32. The third-order valence-electron chi connectivity index (χ3n) is 2.68. The maximum absolute atomic E-state index is 12.7. The molecule has 2 nitrogen and oxygen atoms in total. The second-order valence-corrected chi connectivity index (χ2v) is 3.75. The lowest BCUT2D eigenvalue weighted by Crippen LogP contribution is -2.07. The number of esters is 1. The van der Waals surface area contributed by atoms with E-state index in [4.69, 9.17) is 4.74 Å². The topological polar surface area (TPSA) is 26.3 Å². The molecule has 0 spiro atoms. The van der Waals surface area contributed by atoms with Crippen molar-refractivity contribution in [1.82, 2.24) is 0 Å². The van der Waals surface area contributed by atoms with Gasteiger partial charge in [0, 0.05) is 0 Å².